The summed E-state index contributed by atoms with van der Waals surface area (Å²) in [6, 6.07) is 3.28. The Morgan fingerprint density at radius 1 is 1.61 bits per heavy atom. The summed E-state index contributed by atoms with van der Waals surface area (Å²) in [7, 11) is 0. The SMILES string of the molecule is Cc1nc(NCCC2CCCO2)ccc1C(=O)O. The predicted molar refractivity (Wildman–Crippen MR) is 68.0 cm³/mol. The van der Waals surface area contributed by atoms with Crippen molar-refractivity contribution in [3.05, 3.63) is 23.4 Å². The first-order chi connectivity index (χ1) is 8.66. The van der Waals surface area contributed by atoms with Crippen molar-refractivity contribution in [2.24, 2.45) is 0 Å². The molecule has 1 aliphatic heterocycles. The van der Waals surface area contributed by atoms with Gasteiger partial charge in [-0.15, -0.1) is 0 Å². The third-order valence-corrected chi connectivity index (χ3v) is 3.11. The van der Waals surface area contributed by atoms with Crippen molar-refractivity contribution in [1.29, 1.82) is 0 Å². The van der Waals surface area contributed by atoms with Crippen LogP contribution in [0.25, 0.3) is 0 Å². The predicted octanol–water partition coefficient (Wildman–Crippen LogP) is 2.07. The fourth-order valence-corrected chi connectivity index (χ4v) is 2.12. The summed E-state index contributed by atoms with van der Waals surface area (Å²) < 4.78 is 5.53. The summed E-state index contributed by atoms with van der Waals surface area (Å²) in [6.07, 6.45) is 3.60. The molecular formula is C13H18N2O3. The number of hydrogen-bond donors (Lipinski definition) is 2. The quantitative estimate of drug-likeness (QED) is 0.837. The minimum Gasteiger partial charge on any atom is -0.478 e. The number of nitrogens with zero attached hydrogens (tertiary/aromatic N) is 1. The molecule has 0 aromatic carbocycles. The molecule has 5 nitrogen and oxygen atoms in total. The average molecular weight is 250 g/mol. The lowest BCUT2D eigenvalue weighted by Crippen LogP contribution is -2.13. The Bertz CT molecular complexity index is 428. The van der Waals surface area contributed by atoms with E-state index in [1.165, 1.54) is 0 Å². The number of aryl methyl sites for hydroxylation is 1. The first-order valence-corrected chi connectivity index (χ1v) is 6.23. The number of aromatic carboxylic acids is 1. The molecule has 1 fully saturated rings. The van der Waals surface area contributed by atoms with E-state index in [-0.39, 0.29) is 5.56 Å². The number of carbonyl (C=O) groups is 1. The van der Waals surface area contributed by atoms with Crippen LogP contribution in [0.2, 0.25) is 0 Å². The van der Waals surface area contributed by atoms with Gasteiger partial charge in [0.05, 0.1) is 17.4 Å². The molecule has 98 valence electrons. The van der Waals surface area contributed by atoms with Gasteiger partial charge >= 0.3 is 5.97 Å². The van der Waals surface area contributed by atoms with Crippen molar-refractivity contribution in [2.45, 2.75) is 32.3 Å². The summed E-state index contributed by atoms with van der Waals surface area (Å²) in [4.78, 5) is 15.1. The first-order valence-electron chi connectivity index (χ1n) is 6.23. The topological polar surface area (TPSA) is 71.5 Å². The van der Waals surface area contributed by atoms with Crippen LogP contribution >= 0.6 is 0 Å². The van der Waals surface area contributed by atoms with Crippen molar-refractivity contribution in [3.63, 3.8) is 0 Å². The minimum atomic E-state index is -0.939. The van der Waals surface area contributed by atoms with Crippen LogP contribution in [0.1, 0.15) is 35.3 Å². The Labute approximate surface area is 106 Å². The lowest BCUT2D eigenvalue weighted by Gasteiger charge is -2.11. The maximum atomic E-state index is 10.8. The highest BCUT2D eigenvalue weighted by molar-refractivity contribution is 5.89. The van der Waals surface area contributed by atoms with Crippen LogP contribution in [0.15, 0.2) is 12.1 Å². The molecule has 2 rings (SSSR count). The maximum Gasteiger partial charge on any atom is 0.337 e. The number of carboxylic acids is 1. The summed E-state index contributed by atoms with van der Waals surface area (Å²) >= 11 is 0. The monoisotopic (exact) mass is 250 g/mol. The zero-order valence-corrected chi connectivity index (χ0v) is 10.5. The third kappa shape index (κ3) is 3.20. The number of ether oxygens (including phenoxy) is 1. The van der Waals surface area contributed by atoms with Gasteiger partial charge in [0.15, 0.2) is 0 Å². The Balaban J connectivity index is 1.85. The Morgan fingerprint density at radius 3 is 3.06 bits per heavy atom. The van der Waals surface area contributed by atoms with Gasteiger partial charge in [-0.1, -0.05) is 0 Å². The summed E-state index contributed by atoms with van der Waals surface area (Å²) in [6.45, 7) is 3.37. The number of pyridine rings is 1. The standard InChI is InChI=1S/C13H18N2O3/c1-9-11(13(16)17)4-5-12(15-9)14-7-6-10-3-2-8-18-10/h4-5,10H,2-3,6-8H2,1H3,(H,14,15)(H,16,17). The molecule has 1 saturated heterocycles. The molecule has 2 heterocycles. The second-order valence-corrected chi connectivity index (χ2v) is 4.49. The molecule has 1 aliphatic rings. The van der Waals surface area contributed by atoms with Gasteiger partial charge in [0.1, 0.15) is 5.82 Å². The summed E-state index contributed by atoms with van der Waals surface area (Å²) in [5, 5.41) is 12.1. The highest BCUT2D eigenvalue weighted by Crippen LogP contribution is 2.16. The lowest BCUT2D eigenvalue weighted by atomic mass is 10.2. The second kappa shape index (κ2) is 5.82. The van der Waals surface area contributed by atoms with E-state index in [0.29, 0.717) is 11.8 Å². The van der Waals surface area contributed by atoms with Crippen molar-refractivity contribution in [2.75, 3.05) is 18.5 Å². The number of nitrogens with one attached hydrogen (secondary N) is 1. The highest BCUT2D eigenvalue weighted by Gasteiger charge is 2.14. The minimum absolute atomic E-state index is 0.250. The van der Waals surface area contributed by atoms with Gasteiger partial charge in [0.25, 0.3) is 0 Å². The van der Waals surface area contributed by atoms with Crippen molar-refractivity contribution >= 4 is 11.8 Å². The zero-order valence-electron chi connectivity index (χ0n) is 10.5. The van der Waals surface area contributed by atoms with Gasteiger partial charge in [-0.05, 0) is 38.3 Å². The second-order valence-electron chi connectivity index (χ2n) is 4.49. The van der Waals surface area contributed by atoms with E-state index in [1.807, 2.05) is 0 Å². The summed E-state index contributed by atoms with van der Waals surface area (Å²) in [5.74, 6) is -0.221. The summed E-state index contributed by atoms with van der Waals surface area (Å²) in [5.41, 5.74) is 0.782. The van der Waals surface area contributed by atoms with Gasteiger partial charge in [-0.3, -0.25) is 0 Å². The lowest BCUT2D eigenvalue weighted by molar-refractivity contribution is 0.0695. The smallest absolute Gasteiger partial charge is 0.337 e. The van der Waals surface area contributed by atoms with E-state index < -0.39 is 5.97 Å². The number of hydrogen-bond acceptors (Lipinski definition) is 4. The van der Waals surface area contributed by atoms with Crippen LogP contribution in [0, 0.1) is 6.92 Å². The molecule has 1 aromatic heterocycles. The normalized spacial score (nSPS) is 18.8. The molecule has 0 amide bonds. The highest BCUT2D eigenvalue weighted by atomic mass is 16.5. The fourth-order valence-electron chi connectivity index (χ4n) is 2.12. The number of carboxylic acid groups (broad SMARTS) is 1. The molecule has 5 heteroatoms. The molecule has 18 heavy (non-hydrogen) atoms. The van der Waals surface area contributed by atoms with E-state index in [2.05, 4.69) is 10.3 Å². The zero-order chi connectivity index (χ0) is 13.0. The van der Waals surface area contributed by atoms with E-state index >= 15 is 0 Å². The molecule has 0 saturated carbocycles. The molecule has 0 bridgehead atoms. The van der Waals surface area contributed by atoms with Crippen LogP contribution in [-0.4, -0.2) is 35.3 Å². The van der Waals surface area contributed by atoms with E-state index in [9.17, 15) is 4.79 Å². The largest absolute Gasteiger partial charge is 0.478 e. The van der Waals surface area contributed by atoms with Gasteiger partial charge in [0, 0.05) is 13.2 Å². The van der Waals surface area contributed by atoms with Crippen LogP contribution < -0.4 is 5.32 Å². The van der Waals surface area contributed by atoms with Crippen LogP contribution in [0.5, 0.6) is 0 Å². The van der Waals surface area contributed by atoms with E-state index in [0.717, 1.165) is 38.2 Å². The van der Waals surface area contributed by atoms with Crippen molar-refractivity contribution in [3.8, 4) is 0 Å². The van der Waals surface area contributed by atoms with Crippen LogP contribution in [0.4, 0.5) is 5.82 Å². The van der Waals surface area contributed by atoms with Crippen LogP contribution in [0.3, 0.4) is 0 Å². The van der Waals surface area contributed by atoms with Gasteiger partial charge < -0.3 is 15.2 Å². The molecule has 1 aromatic rings. The molecular weight excluding hydrogens is 232 g/mol. The van der Waals surface area contributed by atoms with Crippen LogP contribution in [-0.2, 0) is 4.74 Å². The molecule has 0 aliphatic carbocycles. The molecule has 1 unspecified atom stereocenters. The number of anilines is 1. The van der Waals surface area contributed by atoms with E-state index in [4.69, 9.17) is 9.84 Å². The maximum absolute atomic E-state index is 10.8. The fraction of sp³-hybridized carbons (Fsp3) is 0.538. The molecule has 0 radical (unpaired) electrons. The Morgan fingerprint density at radius 2 is 2.44 bits per heavy atom. The van der Waals surface area contributed by atoms with Gasteiger partial charge in [-0.25, -0.2) is 9.78 Å². The number of aromatic nitrogens is 1. The Kier molecular flexibility index (Phi) is 4.15. The molecule has 2 N–H and O–H groups in total. The van der Waals surface area contributed by atoms with Gasteiger partial charge in [0.2, 0.25) is 0 Å². The molecule has 0 spiro atoms. The van der Waals surface area contributed by atoms with E-state index in [1.54, 1.807) is 19.1 Å². The Hall–Kier alpha value is -1.62. The third-order valence-electron chi connectivity index (χ3n) is 3.11. The average Bonchev–Trinajstić information content (AvgIpc) is 2.81. The number of rotatable bonds is 5. The molecule has 1 atom stereocenters. The van der Waals surface area contributed by atoms with Crippen molar-refractivity contribution in [1.82, 2.24) is 4.98 Å². The first kappa shape index (κ1) is 12.8. The van der Waals surface area contributed by atoms with Gasteiger partial charge in [-0.2, -0.15) is 0 Å². The van der Waals surface area contributed by atoms with Crippen molar-refractivity contribution < 1.29 is 14.6 Å².